The van der Waals surface area contributed by atoms with Crippen LogP contribution in [0.2, 0.25) is 0 Å². The number of nitrogens with zero attached hydrogens (tertiary/aromatic N) is 3. The monoisotopic (exact) mass is 476 g/mol. The van der Waals surface area contributed by atoms with Crippen LogP contribution in [0, 0.1) is 29.8 Å². The molecule has 1 saturated heterocycles. The van der Waals surface area contributed by atoms with Crippen molar-refractivity contribution in [1.29, 1.82) is 0 Å². The predicted octanol–water partition coefficient (Wildman–Crippen LogP) is 5.44. The minimum absolute atomic E-state index is 0.140. The van der Waals surface area contributed by atoms with Crippen LogP contribution < -0.4 is 10.2 Å². The minimum atomic E-state index is -0.527. The van der Waals surface area contributed by atoms with Crippen molar-refractivity contribution in [2.45, 2.75) is 26.8 Å². The molecule has 9 heteroatoms. The number of urea groups is 1. The molecule has 0 spiro atoms. The van der Waals surface area contributed by atoms with Crippen LogP contribution in [0.3, 0.4) is 0 Å². The van der Waals surface area contributed by atoms with E-state index in [0.717, 1.165) is 5.56 Å². The highest BCUT2D eigenvalue weighted by molar-refractivity contribution is 6.08. The van der Waals surface area contributed by atoms with Gasteiger partial charge in [-0.05, 0) is 50.1 Å². The average molecular weight is 477 g/mol. The summed E-state index contributed by atoms with van der Waals surface area (Å²) in [7, 11) is 0. The molecule has 1 N–H and O–H groups in total. The normalized spacial score (nSPS) is 13.6. The van der Waals surface area contributed by atoms with E-state index in [9.17, 15) is 24.1 Å². The first-order valence-corrected chi connectivity index (χ1v) is 11.2. The van der Waals surface area contributed by atoms with E-state index < -0.39 is 10.8 Å². The molecule has 4 rings (SSSR count). The molecule has 0 saturated carbocycles. The SMILES string of the molecule is Cc1ccc(N2CCCN(Cc3ccccc3F)C2=O)c(NC(=O)c2ccc(C)c([N+](=O)[O-])c2)c1. The number of amides is 3. The highest BCUT2D eigenvalue weighted by atomic mass is 19.1. The van der Waals surface area contributed by atoms with Gasteiger partial charge in [-0.3, -0.25) is 19.8 Å². The largest absolute Gasteiger partial charge is 0.324 e. The third kappa shape index (κ3) is 5.13. The first-order chi connectivity index (χ1) is 16.7. The third-order valence-corrected chi connectivity index (χ3v) is 5.99. The Morgan fingerprint density at radius 2 is 1.86 bits per heavy atom. The van der Waals surface area contributed by atoms with E-state index in [1.807, 2.05) is 13.0 Å². The van der Waals surface area contributed by atoms with Crippen molar-refractivity contribution in [3.8, 4) is 0 Å². The number of nitro groups is 1. The van der Waals surface area contributed by atoms with Crippen LogP contribution in [0.15, 0.2) is 60.7 Å². The zero-order valence-electron chi connectivity index (χ0n) is 19.5. The summed E-state index contributed by atoms with van der Waals surface area (Å²) in [5.41, 5.74) is 2.68. The maximum atomic E-state index is 14.2. The number of hydrogen-bond donors (Lipinski definition) is 1. The van der Waals surface area contributed by atoms with Crippen molar-refractivity contribution < 1.29 is 18.9 Å². The zero-order chi connectivity index (χ0) is 25.1. The topological polar surface area (TPSA) is 95.8 Å². The Morgan fingerprint density at radius 3 is 2.60 bits per heavy atom. The number of hydrogen-bond acceptors (Lipinski definition) is 4. The number of nitrogens with one attached hydrogen (secondary N) is 1. The molecule has 0 unspecified atom stereocenters. The number of carbonyl (C=O) groups excluding carboxylic acids is 2. The summed E-state index contributed by atoms with van der Waals surface area (Å²) in [6, 6.07) is 15.7. The second kappa shape index (κ2) is 9.92. The van der Waals surface area contributed by atoms with Crippen LogP contribution in [-0.4, -0.2) is 34.9 Å². The van der Waals surface area contributed by atoms with Crippen molar-refractivity contribution in [2.75, 3.05) is 23.3 Å². The Kier molecular flexibility index (Phi) is 6.77. The molecule has 0 aliphatic carbocycles. The van der Waals surface area contributed by atoms with Gasteiger partial charge in [0.15, 0.2) is 0 Å². The standard InChI is InChI=1S/C26H25FN4O4/c1-17-8-11-23(22(14-17)28-25(32)19-10-9-18(2)24(15-19)31(34)35)30-13-5-12-29(26(30)33)16-20-6-3-4-7-21(20)27/h3-4,6-11,14-15H,5,12-13,16H2,1-2H3,(H,28,32). The fourth-order valence-electron chi connectivity index (χ4n) is 4.11. The molecule has 35 heavy (non-hydrogen) atoms. The Balaban J connectivity index is 1.60. The molecule has 3 aromatic rings. The third-order valence-electron chi connectivity index (χ3n) is 5.99. The predicted molar refractivity (Wildman–Crippen MR) is 131 cm³/mol. The van der Waals surface area contributed by atoms with Crippen LogP contribution in [0.1, 0.15) is 33.5 Å². The number of halogens is 1. The molecule has 1 fully saturated rings. The highest BCUT2D eigenvalue weighted by Gasteiger charge is 2.29. The van der Waals surface area contributed by atoms with E-state index in [-0.39, 0.29) is 29.6 Å². The van der Waals surface area contributed by atoms with Gasteiger partial charge in [-0.2, -0.15) is 0 Å². The molecule has 0 radical (unpaired) electrons. The summed E-state index contributed by atoms with van der Waals surface area (Å²) in [6.45, 7) is 4.54. The van der Waals surface area contributed by atoms with Crippen molar-refractivity contribution >= 4 is 29.0 Å². The van der Waals surface area contributed by atoms with Gasteiger partial charge in [-0.25, -0.2) is 9.18 Å². The van der Waals surface area contributed by atoms with Crippen molar-refractivity contribution in [3.63, 3.8) is 0 Å². The minimum Gasteiger partial charge on any atom is -0.320 e. The number of carbonyl (C=O) groups is 2. The molecule has 0 atom stereocenters. The molecule has 1 heterocycles. The van der Waals surface area contributed by atoms with Gasteiger partial charge >= 0.3 is 6.03 Å². The molecule has 0 aromatic heterocycles. The van der Waals surface area contributed by atoms with Crippen LogP contribution in [0.5, 0.6) is 0 Å². The molecule has 0 bridgehead atoms. The number of rotatable bonds is 6. The van der Waals surface area contributed by atoms with Crippen molar-refractivity contribution in [1.82, 2.24) is 4.90 Å². The smallest absolute Gasteiger partial charge is 0.320 e. The maximum absolute atomic E-state index is 14.2. The van der Waals surface area contributed by atoms with E-state index in [2.05, 4.69) is 5.32 Å². The van der Waals surface area contributed by atoms with E-state index in [4.69, 9.17) is 0 Å². The Labute approximate surface area is 202 Å². The number of anilines is 2. The Bertz CT molecular complexity index is 1310. The molecule has 180 valence electrons. The van der Waals surface area contributed by atoms with Gasteiger partial charge in [0, 0.05) is 35.8 Å². The first-order valence-electron chi connectivity index (χ1n) is 11.2. The lowest BCUT2D eigenvalue weighted by molar-refractivity contribution is -0.385. The van der Waals surface area contributed by atoms with Gasteiger partial charge in [0.1, 0.15) is 5.82 Å². The molecule has 3 aromatic carbocycles. The Morgan fingerprint density at radius 1 is 1.09 bits per heavy atom. The van der Waals surface area contributed by atoms with E-state index in [1.54, 1.807) is 47.1 Å². The van der Waals surface area contributed by atoms with Crippen LogP contribution in [0.4, 0.5) is 26.2 Å². The second-order valence-electron chi connectivity index (χ2n) is 8.53. The molecule has 1 aliphatic rings. The van der Waals surface area contributed by atoms with Crippen LogP contribution in [0.25, 0.3) is 0 Å². The fourth-order valence-corrected chi connectivity index (χ4v) is 4.11. The van der Waals surface area contributed by atoms with Crippen molar-refractivity contribution in [3.05, 3.63) is 98.8 Å². The number of aryl methyl sites for hydroxylation is 2. The quantitative estimate of drug-likeness (QED) is 0.379. The summed E-state index contributed by atoms with van der Waals surface area (Å²) < 4.78 is 14.2. The maximum Gasteiger partial charge on any atom is 0.324 e. The van der Waals surface area contributed by atoms with Gasteiger partial charge in [0.2, 0.25) is 0 Å². The van der Waals surface area contributed by atoms with Gasteiger partial charge in [0.05, 0.1) is 22.8 Å². The number of nitro benzene ring substituents is 1. The van der Waals surface area contributed by atoms with E-state index in [1.165, 1.54) is 24.3 Å². The first kappa shape index (κ1) is 23.9. The second-order valence-corrected chi connectivity index (χ2v) is 8.53. The van der Waals surface area contributed by atoms with Gasteiger partial charge in [-0.15, -0.1) is 0 Å². The zero-order valence-corrected chi connectivity index (χ0v) is 19.5. The lowest BCUT2D eigenvalue weighted by atomic mass is 10.1. The molecular weight excluding hydrogens is 451 g/mol. The highest BCUT2D eigenvalue weighted by Crippen LogP contribution is 2.31. The van der Waals surface area contributed by atoms with Crippen molar-refractivity contribution in [2.24, 2.45) is 0 Å². The molecule has 8 nitrogen and oxygen atoms in total. The summed E-state index contributed by atoms with van der Waals surface area (Å²) in [5, 5.41) is 14.1. The van der Waals surface area contributed by atoms with Gasteiger partial charge in [0.25, 0.3) is 11.6 Å². The molecular formula is C26H25FN4O4. The number of benzene rings is 3. The Hall–Kier alpha value is -4.27. The van der Waals surface area contributed by atoms with Crippen LogP contribution in [-0.2, 0) is 6.54 Å². The van der Waals surface area contributed by atoms with Crippen LogP contribution >= 0.6 is 0 Å². The van der Waals surface area contributed by atoms with Gasteiger partial charge in [-0.1, -0.05) is 30.3 Å². The van der Waals surface area contributed by atoms with E-state index >= 15 is 0 Å². The molecule has 3 amide bonds. The summed E-state index contributed by atoms with van der Waals surface area (Å²) in [5.74, 6) is -0.888. The van der Waals surface area contributed by atoms with E-state index in [0.29, 0.717) is 42.0 Å². The average Bonchev–Trinajstić information content (AvgIpc) is 2.82. The van der Waals surface area contributed by atoms with Gasteiger partial charge < -0.3 is 10.2 Å². The fraction of sp³-hybridized carbons (Fsp3) is 0.231. The summed E-state index contributed by atoms with van der Waals surface area (Å²) in [6.07, 6.45) is 0.672. The summed E-state index contributed by atoms with van der Waals surface area (Å²) in [4.78, 5) is 40.2. The lowest BCUT2D eigenvalue weighted by Crippen LogP contribution is -2.49. The summed E-state index contributed by atoms with van der Waals surface area (Å²) >= 11 is 0. The molecule has 1 aliphatic heterocycles. The lowest BCUT2D eigenvalue weighted by Gasteiger charge is -2.36.